The van der Waals surface area contributed by atoms with Gasteiger partial charge in [-0.25, -0.2) is 0 Å². The Morgan fingerprint density at radius 1 is 1.18 bits per heavy atom. The normalized spacial score (nSPS) is 9.41. The van der Waals surface area contributed by atoms with Gasteiger partial charge in [0.15, 0.2) is 0 Å². The van der Waals surface area contributed by atoms with Crippen LogP contribution in [0, 0.1) is 0 Å². The van der Waals surface area contributed by atoms with Gasteiger partial charge in [-0.15, -0.1) is 0 Å². The first-order valence-corrected chi connectivity index (χ1v) is 4.81. The van der Waals surface area contributed by atoms with Crippen LogP contribution in [-0.4, -0.2) is 15.9 Å². The summed E-state index contributed by atoms with van der Waals surface area (Å²) in [5, 5.41) is 10.4. The van der Waals surface area contributed by atoms with E-state index in [4.69, 9.17) is 0 Å². The first kappa shape index (κ1) is 13.8. The van der Waals surface area contributed by atoms with Gasteiger partial charge >= 0.3 is 29.6 Å². The summed E-state index contributed by atoms with van der Waals surface area (Å²) in [4.78, 5) is 18.5. The fourth-order valence-corrected chi connectivity index (χ4v) is 1.41. The van der Waals surface area contributed by atoms with Crippen molar-refractivity contribution in [3.63, 3.8) is 0 Å². The predicted molar refractivity (Wildman–Crippen MR) is 56.2 cm³/mol. The minimum absolute atomic E-state index is 0. The molecule has 0 bridgehead atoms. The van der Waals surface area contributed by atoms with Gasteiger partial charge in [0.1, 0.15) is 0 Å². The van der Waals surface area contributed by atoms with E-state index in [9.17, 15) is 9.90 Å². The Labute approximate surface area is 121 Å². The van der Waals surface area contributed by atoms with Gasteiger partial charge in [0, 0.05) is 30.3 Å². The van der Waals surface area contributed by atoms with Crippen LogP contribution < -0.4 is 34.7 Å². The average Bonchev–Trinajstić information content (AvgIpc) is 2.30. The third-order valence-corrected chi connectivity index (χ3v) is 2.16. The fraction of sp³-hybridized carbons (Fsp3) is 0.0833. The molecular formula is C12H9N2NaO2. The maximum atomic E-state index is 10.4. The van der Waals surface area contributed by atoms with Crippen LogP contribution in [0.5, 0.6) is 0 Å². The number of hydrogen-bond donors (Lipinski definition) is 0. The number of carbonyl (C=O) groups excluding carboxylic acids is 1. The monoisotopic (exact) mass is 236 g/mol. The van der Waals surface area contributed by atoms with Crippen LogP contribution in [-0.2, 0) is 11.2 Å². The Balaban J connectivity index is 0.00000144. The molecule has 0 aliphatic heterocycles. The zero-order valence-electron chi connectivity index (χ0n) is 9.46. The molecule has 0 amide bonds. The van der Waals surface area contributed by atoms with E-state index in [1.165, 1.54) is 0 Å². The van der Waals surface area contributed by atoms with Crippen LogP contribution in [0.15, 0.2) is 42.9 Å². The van der Waals surface area contributed by atoms with Crippen LogP contribution in [0.4, 0.5) is 0 Å². The van der Waals surface area contributed by atoms with E-state index < -0.39 is 5.97 Å². The number of nitrogens with zero attached hydrogens (tertiary/aromatic N) is 2. The van der Waals surface area contributed by atoms with Gasteiger partial charge in [0.05, 0.1) is 11.9 Å². The van der Waals surface area contributed by atoms with Crippen molar-refractivity contribution in [2.75, 3.05) is 0 Å². The topological polar surface area (TPSA) is 65.9 Å². The van der Waals surface area contributed by atoms with E-state index >= 15 is 0 Å². The van der Waals surface area contributed by atoms with Crippen molar-refractivity contribution in [3.05, 3.63) is 48.4 Å². The van der Waals surface area contributed by atoms with E-state index in [0.29, 0.717) is 5.56 Å². The van der Waals surface area contributed by atoms with Crippen molar-refractivity contribution < 1.29 is 39.5 Å². The summed E-state index contributed by atoms with van der Waals surface area (Å²) in [6.07, 6.45) is 4.81. The van der Waals surface area contributed by atoms with E-state index in [-0.39, 0.29) is 36.0 Å². The van der Waals surface area contributed by atoms with Crippen molar-refractivity contribution in [2.24, 2.45) is 0 Å². The fourth-order valence-electron chi connectivity index (χ4n) is 1.41. The molecular weight excluding hydrogens is 227 g/mol. The Hall–Kier alpha value is -1.23. The number of carbonyl (C=O) groups is 1. The van der Waals surface area contributed by atoms with E-state index in [1.54, 1.807) is 30.7 Å². The molecule has 0 aliphatic carbocycles. The molecule has 1 heterocycles. The molecule has 0 saturated carbocycles. The maximum Gasteiger partial charge on any atom is 1.00 e. The Morgan fingerprint density at radius 2 is 1.88 bits per heavy atom. The quantitative estimate of drug-likeness (QED) is 0.550. The SMILES string of the molecule is O=C([O-])Cc1ccc(-c2cnccn2)cc1.[Na+]. The molecule has 2 aromatic rings. The smallest absolute Gasteiger partial charge is 0.550 e. The zero-order valence-corrected chi connectivity index (χ0v) is 11.5. The summed E-state index contributed by atoms with van der Waals surface area (Å²) in [6, 6.07) is 7.14. The summed E-state index contributed by atoms with van der Waals surface area (Å²) in [5.41, 5.74) is 2.39. The van der Waals surface area contributed by atoms with Gasteiger partial charge in [0.2, 0.25) is 0 Å². The Bertz CT molecular complexity index is 486. The van der Waals surface area contributed by atoms with E-state index in [1.807, 2.05) is 12.1 Å². The summed E-state index contributed by atoms with van der Waals surface area (Å²) in [7, 11) is 0. The molecule has 0 saturated heterocycles. The third kappa shape index (κ3) is 3.93. The molecule has 0 spiro atoms. The second-order valence-corrected chi connectivity index (χ2v) is 3.34. The van der Waals surface area contributed by atoms with Crippen LogP contribution in [0.3, 0.4) is 0 Å². The molecule has 1 aromatic carbocycles. The van der Waals surface area contributed by atoms with Gasteiger partial charge in [-0.2, -0.15) is 0 Å². The first-order chi connectivity index (χ1) is 7.75. The standard InChI is InChI=1S/C12H10N2O2.Na/c15-12(16)7-9-1-3-10(4-2-9)11-8-13-5-6-14-11;/h1-6,8H,7H2,(H,15,16);/q;+1/p-1. The van der Waals surface area contributed by atoms with Crippen molar-refractivity contribution in [2.45, 2.75) is 6.42 Å². The molecule has 0 unspecified atom stereocenters. The molecule has 80 valence electrons. The molecule has 2 rings (SSSR count). The van der Waals surface area contributed by atoms with E-state index in [0.717, 1.165) is 11.3 Å². The number of aliphatic carboxylic acids is 1. The molecule has 0 radical (unpaired) electrons. The number of carboxylic acids is 1. The van der Waals surface area contributed by atoms with Gasteiger partial charge in [0.25, 0.3) is 0 Å². The number of hydrogen-bond acceptors (Lipinski definition) is 4. The Morgan fingerprint density at radius 3 is 2.41 bits per heavy atom. The van der Waals surface area contributed by atoms with Gasteiger partial charge < -0.3 is 9.90 Å². The maximum absolute atomic E-state index is 10.4. The van der Waals surface area contributed by atoms with Crippen LogP contribution in [0.2, 0.25) is 0 Å². The summed E-state index contributed by atoms with van der Waals surface area (Å²) in [5.74, 6) is -1.08. The molecule has 0 fully saturated rings. The second-order valence-electron chi connectivity index (χ2n) is 3.34. The van der Waals surface area contributed by atoms with Gasteiger partial charge in [-0.05, 0) is 5.56 Å². The predicted octanol–water partition coefficient (Wildman–Crippen LogP) is -2.56. The minimum Gasteiger partial charge on any atom is -0.550 e. The zero-order chi connectivity index (χ0) is 11.4. The number of rotatable bonds is 3. The molecule has 0 atom stereocenters. The summed E-state index contributed by atoms with van der Waals surface area (Å²) in [6.45, 7) is 0. The molecule has 0 aliphatic rings. The van der Waals surface area contributed by atoms with Crippen LogP contribution >= 0.6 is 0 Å². The number of benzene rings is 1. The van der Waals surface area contributed by atoms with Crippen molar-refractivity contribution in [3.8, 4) is 11.3 Å². The summed E-state index contributed by atoms with van der Waals surface area (Å²) >= 11 is 0. The van der Waals surface area contributed by atoms with Crippen molar-refractivity contribution >= 4 is 5.97 Å². The number of aromatic nitrogens is 2. The molecule has 0 N–H and O–H groups in total. The summed E-state index contributed by atoms with van der Waals surface area (Å²) < 4.78 is 0. The van der Waals surface area contributed by atoms with Crippen LogP contribution in [0.25, 0.3) is 11.3 Å². The van der Waals surface area contributed by atoms with Crippen molar-refractivity contribution in [1.82, 2.24) is 9.97 Å². The molecule has 1 aromatic heterocycles. The van der Waals surface area contributed by atoms with Crippen molar-refractivity contribution in [1.29, 1.82) is 0 Å². The third-order valence-electron chi connectivity index (χ3n) is 2.16. The second kappa shape index (κ2) is 6.49. The first-order valence-electron chi connectivity index (χ1n) is 4.81. The number of carboxylic acid groups (broad SMARTS) is 1. The van der Waals surface area contributed by atoms with Gasteiger partial charge in [-0.1, -0.05) is 24.3 Å². The van der Waals surface area contributed by atoms with E-state index in [2.05, 4.69) is 9.97 Å². The average molecular weight is 236 g/mol. The Kier molecular flexibility index (Phi) is 5.28. The molecule has 5 heteroatoms. The largest absolute Gasteiger partial charge is 1.00 e. The molecule has 17 heavy (non-hydrogen) atoms. The van der Waals surface area contributed by atoms with Crippen LogP contribution in [0.1, 0.15) is 5.56 Å². The van der Waals surface area contributed by atoms with Gasteiger partial charge in [-0.3, -0.25) is 9.97 Å². The minimum atomic E-state index is -1.08. The molecule has 4 nitrogen and oxygen atoms in total.